The van der Waals surface area contributed by atoms with Crippen LogP contribution in [0.2, 0.25) is 0 Å². The van der Waals surface area contributed by atoms with E-state index >= 15 is 0 Å². The van der Waals surface area contributed by atoms with Gasteiger partial charge < -0.3 is 4.42 Å². The van der Waals surface area contributed by atoms with E-state index in [2.05, 4.69) is 4.98 Å². The highest BCUT2D eigenvalue weighted by molar-refractivity contribution is 5.83. The Balaban J connectivity index is 2.24. The van der Waals surface area contributed by atoms with Gasteiger partial charge in [-0.1, -0.05) is 18.2 Å². The summed E-state index contributed by atoms with van der Waals surface area (Å²) in [6, 6.07) is 14.1. The zero-order valence-electron chi connectivity index (χ0n) is 10.8. The maximum Gasteiger partial charge on any atom is 0.277 e. The highest BCUT2D eigenvalue weighted by Crippen LogP contribution is 2.31. The van der Waals surface area contributed by atoms with Gasteiger partial charge in [-0.05, 0) is 18.2 Å². The number of hydrogen-bond donors (Lipinski definition) is 0. The van der Waals surface area contributed by atoms with Crippen molar-refractivity contribution in [2.24, 2.45) is 0 Å². The molecule has 0 fully saturated rings. The third kappa shape index (κ3) is 2.21. The lowest BCUT2D eigenvalue weighted by molar-refractivity contribution is -0.385. The van der Waals surface area contributed by atoms with E-state index in [1.807, 2.05) is 36.4 Å². The molecule has 0 bridgehead atoms. The van der Waals surface area contributed by atoms with Crippen LogP contribution in [0.5, 0.6) is 0 Å². The van der Waals surface area contributed by atoms with Gasteiger partial charge in [-0.2, -0.15) is 5.26 Å². The molecule has 0 saturated carbocycles. The Morgan fingerprint density at radius 1 is 1.24 bits per heavy atom. The lowest BCUT2D eigenvalue weighted by atomic mass is 10.1. The summed E-state index contributed by atoms with van der Waals surface area (Å²) in [4.78, 5) is 14.9. The first kappa shape index (κ1) is 12.8. The van der Waals surface area contributed by atoms with Crippen LogP contribution in [0.15, 0.2) is 46.9 Å². The first-order valence-corrected chi connectivity index (χ1v) is 6.20. The molecule has 0 amide bonds. The summed E-state index contributed by atoms with van der Waals surface area (Å²) in [5, 5.41) is 19.9. The number of nitriles is 1. The highest BCUT2D eigenvalue weighted by atomic mass is 16.6. The molecule has 3 aromatic rings. The van der Waals surface area contributed by atoms with Crippen LogP contribution in [0.1, 0.15) is 5.56 Å². The van der Waals surface area contributed by atoms with Gasteiger partial charge in [0.25, 0.3) is 5.69 Å². The van der Waals surface area contributed by atoms with Crippen molar-refractivity contribution in [1.82, 2.24) is 4.98 Å². The van der Waals surface area contributed by atoms with Crippen LogP contribution in [-0.2, 0) is 6.42 Å². The van der Waals surface area contributed by atoms with Crippen molar-refractivity contribution in [3.8, 4) is 17.5 Å². The number of nitro groups is 1. The lowest BCUT2D eigenvalue weighted by Crippen LogP contribution is -1.95. The number of rotatable bonds is 3. The van der Waals surface area contributed by atoms with Gasteiger partial charge in [-0.15, -0.1) is 0 Å². The molecule has 3 rings (SSSR count). The highest BCUT2D eigenvalue weighted by Gasteiger charge is 2.21. The lowest BCUT2D eigenvalue weighted by Gasteiger charge is -1.98. The normalized spacial score (nSPS) is 10.4. The fraction of sp³-hybridized carbons (Fsp3) is 0.0667. The summed E-state index contributed by atoms with van der Waals surface area (Å²) in [7, 11) is 0. The second-order valence-electron chi connectivity index (χ2n) is 4.39. The monoisotopic (exact) mass is 279 g/mol. The van der Waals surface area contributed by atoms with E-state index in [9.17, 15) is 10.1 Å². The van der Waals surface area contributed by atoms with E-state index in [-0.39, 0.29) is 17.7 Å². The number of hydrogen-bond acceptors (Lipinski definition) is 5. The minimum Gasteiger partial charge on any atom is -0.435 e. The minimum atomic E-state index is -0.517. The summed E-state index contributed by atoms with van der Waals surface area (Å²) in [6.07, 6.45) is -0.100. The number of aromatic nitrogens is 1. The number of nitro benzene ring substituents is 1. The molecule has 1 heterocycles. The van der Waals surface area contributed by atoms with Gasteiger partial charge in [0.2, 0.25) is 5.89 Å². The van der Waals surface area contributed by atoms with E-state index in [1.165, 1.54) is 12.1 Å². The standard InChI is InChI=1S/C15H9N3O3/c16-9-8-11-13(18(19)20)7-6-12-14(11)21-15(17-12)10-4-2-1-3-5-10/h1-7H,8H2. The molecular weight excluding hydrogens is 270 g/mol. The average Bonchev–Trinajstić information content (AvgIpc) is 2.93. The molecule has 0 aliphatic heterocycles. The first-order chi connectivity index (χ1) is 10.2. The number of fused-ring (bicyclic) bond motifs is 1. The zero-order chi connectivity index (χ0) is 14.8. The van der Waals surface area contributed by atoms with E-state index in [1.54, 1.807) is 0 Å². The van der Waals surface area contributed by atoms with Crippen molar-refractivity contribution >= 4 is 16.8 Å². The summed E-state index contributed by atoms with van der Waals surface area (Å²) in [5.74, 6) is 0.380. The molecule has 0 spiro atoms. The van der Waals surface area contributed by atoms with Gasteiger partial charge in [-0.3, -0.25) is 10.1 Å². The van der Waals surface area contributed by atoms with Gasteiger partial charge >= 0.3 is 0 Å². The maximum atomic E-state index is 11.1. The molecule has 2 aromatic carbocycles. The van der Waals surface area contributed by atoms with Crippen LogP contribution in [0.3, 0.4) is 0 Å². The van der Waals surface area contributed by atoms with Crippen LogP contribution in [0.25, 0.3) is 22.6 Å². The Hall–Kier alpha value is -3.20. The number of nitrogens with zero attached hydrogens (tertiary/aromatic N) is 3. The summed E-state index contributed by atoms with van der Waals surface area (Å²) >= 11 is 0. The Morgan fingerprint density at radius 3 is 2.67 bits per heavy atom. The Kier molecular flexibility index (Phi) is 3.09. The molecule has 102 valence electrons. The number of oxazole rings is 1. The van der Waals surface area contributed by atoms with Crippen molar-refractivity contribution in [3.05, 3.63) is 58.1 Å². The summed E-state index contributed by atoms with van der Waals surface area (Å²) in [5.41, 5.74) is 1.71. The summed E-state index contributed by atoms with van der Waals surface area (Å²) < 4.78 is 5.66. The van der Waals surface area contributed by atoms with Crippen LogP contribution in [0.4, 0.5) is 5.69 Å². The SMILES string of the molecule is N#CCc1c([N+](=O)[O-])ccc2nc(-c3ccccc3)oc12. The third-order valence-corrected chi connectivity index (χ3v) is 3.11. The minimum absolute atomic E-state index is 0.100. The van der Waals surface area contributed by atoms with Gasteiger partial charge in [-0.25, -0.2) is 4.98 Å². The van der Waals surface area contributed by atoms with Crippen molar-refractivity contribution in [1.29, 1.82) is 5.26 Å². The van der Waals surface area contributed by atoms with E-state index in [4.69, 9.17) is 9.68 Å². The molecule has 1 aromatic heterocycles. The molecule has 0 radical (unpaired) electrons. The fourth-order valence-corrected chi connectivity index (χ4v) is 2.16. The zero-order valence-corrected chi connectivity index (χ0v) is 10.8. The molecule has 6 heteroatoms. The fourth-order valence-electron chi connectivity index (χ4n) is 2.16. The van der Waals surface area contributed by atoms with Crippen LogP contribution >= 0.6 is 0 Å². The van der Waals surface area contributed by atoms with E-state index in [0.29, 0.717) is 17.0 Å². The third-order valence-electron chi connectivity index (χ3n) is 3.11. The Bertz CT molecular complexity index is 863. The Labute approximate surface area is 119 Å². The molecule has 0 N–H and O–H groups in total. The van der Waals surface area contributed by atoms with Crippen LogP contribution in [0, 0.1) is 21.4 Å². The molecule has 0 aliphatic rings. The maximum absolute atomic E-state index is 11.1. The quantitative estimate of drug-likeness (QED) is 0.540. The topological polar surface area (TPSA) is 93.0 Å². The van der Waals surface area contributed by atoms with Gasteiger partial charge in [0, 0.05) is 11.6 Å². The predicted octanol–water partition coefficient (Wildman–Crippen LogP) is 3.47. The number of benzene rings is 2. The molecule has 0 aliphatic carbocycles. The first-order valence-electron chi connectivity index (χ1n) is 6.20. The molecular formula is C15H9N3O3. The second kappa shape index (κ2) is 5.06. The summed E-state index contributed by atoms with van der Waals surface area (Å²) in [6.45, 7) is 0. The van der Waals surface area contributed by atoms with Gasteiger partial charge in [0.15, 0.2) is 5.58 Å². The average molecular weight is 279 g/mol. The molecule has 0 atom stereocenters. The van der Waals surface area contributed by atoms with Gasteiger partial charge in [0.05, 0.1) is 23.0 Å². The predicted molar refractivity (Wildman–Crippen MR) is 75.4 cm³/mol. The van der Waals surface area contributed by atoms with Crippen molar-refractivity contribution in [2.75, 3.05) is 0 Å². The largest absolute Gasteiger partial charge is 0.435 e. The van der Waals surface area contributed by atoms with E-state index in [0.717, 1.165) is 5.56 Å². The molecule has 0 saturated heterocycles. The van der Waals surface area contributed by atoms with E-state index < -0.39 is 4.92 Å². The molecule has 0 unspecified atom stereocenters. The van der Waals surface area contributed by atoms with Gasteiger partial charge in [0.1, 0.15) is 5.52 Å². The van der Waals surface area contributed by atoms with Crippen molar-refractivity contribution in [2.45, 2.75) is 6.42 Å². The van der Waals surface area contributed by atoms with Crippen LogP contribution in [-0.4, -0.2) is 9.91 Å². The van der Waals surface area contributed by atoms with Crippen molar-refractivity contribution < 1.29 is 9.34 Å². The van der Waals surface area contributed by atoms with Crippen molar-refractivity contribution in [3.63, 3.8) is 0 Å². The smallest absolute Gasteiger partial charge is 0.277 e. The van der Waals surface area contributed by atoms with Crippen LogP contribution < -0.4 is 0 Å². The molecule has 6 nitrogen and oxygen atoms in total. The Morgan fingerprint density at radius 2 is 2.00 bits per heavy atom. The second-order valence-corrected chi connectivity index (χ2v) is 4.39. The molecule has 21 heavy (non-hydrogen) atoms.